The molecular formula is C11H22O4. The third-order valence-corrected chi connectivity index (χ3v) is 3.59. The van der Waals surface area contributed by atoms with Crippen LogP contribution < -0.4 is 0 Å². The normalized spacial score (nSPS) is 28.4. The Morgan fingerprint density at radius 3 is 1.80 bits per heavy atom. The van der Waals surface area contributed by atoms with E-state index in [0.717, 1.165) is 25.7 Å². The van der Waals surface area contributed by atoms with Gasteiger partial charge in [0.15, 0.2) is 0 Å². The summed E-state index contributed by atoms with van der Waals surface area (Å²) in [5, 5.41) is 17.0. The fourth-order valence-corrected chi connectivity index (χ4v) is 2.45. The zero-order chi connectivity index (χ0) is 11.5. The van der Waals surface area contributed by atoms with Gasteiger partial charge in [-0.05, 0) is 37.0 Å². The van der Waals surface area contributed by atoms with Gasteiger partial charge in [-0.15, -0.1) is 0 Å². The van der Waals surface area contributed by atoms with E-state index in [1.165, 1.54) is 0 Å². The summed E-state index contributed by atoms with van der Waals surface area (Å²) < 4.78 is 0. The minimum Gasteiger partial charge on any atom is -0.249 e. The van der Waals surface area contributed by atoms with Crippen molar-refractivity contribution in [1.82, 2.24) is 0 Å². The highest BCUT2D eigenvalue weighted by atomic mass is 17.2. The molecule has 0 atom stereocenters. The molecule has 90 valence electrons. The van der Waals surface area contributed by atoms with Gasteiger partial charge in [-0.3, -0.25) is 0 Å². The Labute approximate surface area is 91.1 Å². The molecule has 0 heterocycles. The van der Waals surface area contributed by atoms with E-state index in [4.69, 9.17) is 10.5 Å². The fourth-order valence-electron chi connectivity index (χ4n) is 2.45. The summed E-state index contributed by atoms with van der Waals surface area (Å²) in [5.41, 5.74) is 0.334. The van der Waals surface area contributed by atoms with E-state index >= 15 is 0 Å². The predicted molar refractivity (Wildman–Crippen MR) is 56.1 cm³/mol. The average molecular weight is 218 g/mol. The summed E-state index contributed by atoms with van der Waals surface area (Å²) in [5.74, 6) is 0.797. The van der Waals surface area contributed by atoms with Gasteiger partial charge in [0.25, 0.3) is 0 Å². The zero-order valence-electron chi connectivity index (χ0n) is 9.77. The zero-order valence-corrected chi connectivity index (χ0v) is 9.77. The quantitative estimate of drug-likeness (QED) is 0.434. The maximum atomic E-state index is 8.52. The highest BCUT2D eigenvalue weighted by Crippen LogP contribution is 2.41. The first-order valence-corrected chi connectivity index (χ1v) is 5.59. The first-order valence-electron chi connectivity index (χ1n) is 5.59. The summed E-state index contributed by atoms with van der Waals surface area (Å²) in [7, 11) is 0. The van der Waals surface area contributed by atoms with Crippen molar-refractivity contribution >= 4 is 0 Å². The van der Waals surface area contributed by atoms with Crippen LogP contribution in [0.1, 0.15) is 46.5 Å². The average Bonchev–Trinajstić information content (AvgIpc) is 2.19. The second kappa shape index (κ2) is 5.25. The third-order valence-electron chi connectivity index (χ3n) is 3.59. The van der Waals surface area contributed by atoms with Gasteiger partial charge in [0.1, 0.15) is 0 Å². The number of hydrogen-bond acceptors (Lipinski definition) is 4. The van der Waals surface area contributed by atoms with E-state index in [2.05, 4.69) is 30.5 Å². The highest BCUT2D eigenvalue weighted by Gasteiger charge is 2.34. The molecule has 0 aromatic heterocycles. The molecule has 0 aliphatic heterocycles. The third kappa shape index (κ3) is 3.41. The molecule has 1 rings (SSSR count). The Hall–Kier alpha value is -0.160. The molecule has 0 radical (unpaired) electrons. The maximum absolute atomic E-state index is 8.52. The minimum atomic E-state index is -0.883. The van der Waals surface area contributed by atoms with Crippen LogP contribution in [0.2, 0.25) is 0 Å². The van der Waals surface area contributed by atoms with Gasteiger partial charge >= 0.3 is 0 Å². The molecule has 1 fully saturated rings. The monoisotopic (exact) mass is 218 g/mol. The Bertz CT molecular complexity index is 176. The summed E-state index contributed by atoms with van der Waals surface area (Å²) in [6, 6.07) is 0. The smallest absolute Gasteiger partial charge is 0.226 e. The van der Waals surface area contributed by atoms with Gasteiger partial charge in [-0.2, -0.15) is 0 Å². The van der Waals surface area contributed by atoms with Gasteiger partial charge in [-0.25, -0.2) is 20.3 Å². The lowest BCUT2D eigenvalue weighted by Gasteiger charge is -2.37. The van der Waals surface area contributed by atoms with E-state index in [-0.39, 0.29) is 5.92 Å². The molecule has 2 N–H and O–H groups in total. The van der Waals surface area contributed by atoms with Crippen LogP contribution in [0.5, 0.6) is 0 Å². The van der Waals surface area contributed by atoms with Gasteiger partial charge in [0.2, 0.25) is 6.29 Å². The Morgan fingerprint density at radius 1 is 1.00 bits per heavy atom. The van der Waals surface area contributed by atoms with E-state index in [0.29, 0.717) is 11.3 Å². The summed E-state index contributed by atoms with van der Waals surface area (Å²) >= 11 is 0. The Morgan fingerprint density at radius 2 is 1.47 bits per heavy atom. The Balaban J connectivity index is 2.42. The van der Waals surface area contributed by atoms with Crippen molar-refractivity contribution < 1.29 is 20.3 Å². The lowest BCUT2D eigenvalue weighted by Crippen LogP contribution is -2.32. The van der Waals surface area contributed by atoms with Crippen molar-refractivity contribution in [2.24, 2.45) is 17.3 Å². The second-order valence-electron chi connectivity index (χ2n) is 5.56. The first kappa shape index (κ1) is 12.9. The summed E-state index contributed by atoms with van der Waals surface area (Å²) in [6.07, 6.45) is 3.15. The molecule has 0 saturated heterocycles. The highest BCUT2D eigenvalue weighted by molar-refractivity contribution is 4.81. The van der Waals surface area contributed by atoms with E-state index in [9.17, 15) is 0 Å². The van der Waals surface area contributed by atoms with Crippen LogP contribution in [0.3, 0.4) is 0 Å². The van der Waals surface area contributed by atoms with Crippen LogP contribution in [0.25, 0.3) is 0 Å². The van der Waals surface area contributed by atoms with Crippen molar-refractivity contribution in [3.05, 3.63) is 0 Å². The van der Waals surface area contributed by atoms with Crippen LogP contribution in [0.15, 0.2) is 0 Å². The lowest BCUT2D eigenvalue weighted by molar-refractivity contribution is -0.445. The molecule has 1 aliphatic rings. The molecule has 0 aromatic rings. The molecule has 1 saturated carbocycles. The first-order chi connectivity index (χ1) is 6.99. The van der Waals surface area contributed by atoms with Gasteiger partial charge in [0, 0.05) is 5.92 Å². The molecular weight excluding hydrogens is 196 g/mol. The van der Waals surface area contributed by atoms with E-state index < -0.39 is 6.29 Å². The van der Waals surface area contributed by atoms with Crippen molar-refractivity contribution in [2.75, 3.05) is 0 Å². The molecule has 1 aliphatic carbocycles. The molecule has 15 heavy (non-hydrogen) atoms. The molecule has 4 nitrogen and oxygen atoms in total. The number of hydrogen-bond donors (Lipinski definition) is 2. The van der Waals surface area contributed by atoms with Crippen LogP contribution in [-0.2, 0) is 9.78 Å². The standard InChI is InChI=1S/C11H22O4/c1-11(2,3)9-6-4-8(5-7-9)10(14-12)15-13/h8-10,12-13H,4-7H2,1-3H3. The molecule has 0 unspecified atom stereocenters. The minimum absolute atomic E-state index is 0.0959. The van der Waals surface area contributed by atoms with Gasteiger partial charge in [0.05, 0.1) is 0 Å². The van der Waals surface area contributed by atoms with Crippen LogP contribution in [0.4, 0.5) is 0 Å². The maximum Gasteiger partial charge on any atom is 0.226 e. The molecule has 4 heteroatoms. The largest absolute Gasteiger partial charge is 0.249 e. The van der Waals surface area contributed by atoms with Crippen LogP contribution in [0, 0.1) is 17.3 Å². The van der Waals surface area contributed by atoms with Gasteiger partial charge in [-0.1, -0.05) is 20.8 Å². The molecule has 0 bridgehead atoms. The molecule has 0 amide bonds. The van der Waals surface area contributed by atoms with Gasteiger partial charge < -0.3 is 0 Å². The van der Waals surface area contributed by atoms with E-state index in [1.54, 1.807) is 0 Å². The van der Waals surface area contributed by atoms with Crippen molar-refractivity contribution in [2.45, 2.75) is 52.7 Å². The van der Waals surface area contributed by atoms with Crippen molar-refractivity contribution in [1.29, 1.82) is 0 Å². The fraction of sp³-hybridized carbons (Fsp3) is 1.00. The summed E-state index contributed by atoms with van der Waals surface area (Å²) in [4.78, 5) is 8.18. The van der Waals surface area contributed by atoms with Crippen LogP contribution in [-0.4, -0.2) is 16.8 Å². The number of rotatable bonds is 3. The molecule has 0 aromatic carbocycles. The topological polar surface area (TPSA) is 58.9 Å². The van der Waals surface area contributed by atoms with Crippen molar-refractivity contribution in [3.63, 3.8) is 0 Å². The second-order valence-corrected chi connectivity index (χ2v) is 5.56. The lowest BCUT2D eigenvalue weighted by atomic mass is 9.70. The summed E-state index contributed by atoms with van der Waals surface area (Å²) in [6.45, 7) is 6.75. The predicted octanol–water partition coefficient (Wildman–Crippen LogP) is 3.14. The SMILES string of the molecule is CC(C)(C)C1CCC(C(OO)OO)CC1. The molecule has 0 spiro atoms. The Kier molecular flexibility index (Phi) is 4.52. The van der Waals surface area contributed by atoms with E-state index in [1.807, 2.05) is 0 Å². The van der Waals surface area contributed by atoms with Crippen LogP contribution >= 0.6 is 0 Å². The van der Waals surface area contributed by atoms with Crippen molar-refractivity contribution in [3.8, 4) is 0 Å².